The van der Waals surface area contributed by atoms with E-state index in [-0.39, 0.29) is 5.57 Å². The van der Waals surface area contributed by atoms with Crippen LogP contribution in [0.4, 0.5) is 46.5 Å². The van der Waals surface area contributed by atoms with Crippen LogP contribution >= 0.6 is 0 Å². The summed E-state index contributed by atoms with van der Waals surface area (Å²) in [4.78, 5) is 35.3. The summed E-state index contributed by atoms with van der Waals surface area (Å²) in [5.74, 6) is -23.0. The van der Waals surface area contributed by atoms with E-state index in [1.807, 2.05) is 5.32 Å². The molecule has 0 unspecified atom stereocenters. The molecule has 0 spiro atoms. The molecule has 3 aromatic rings. The maximum absolute atomic E-state index is 14.8. The van der Waals surface area contributed by atoms with Gasteiger partial charge in [0.25, 0.3) is 0 Å². The Hall–Kier alpha value is -5.01. The van der Waals surface area contributed by atoms with Crippen molar-refractivity contribution in [3.8, 4) is 11.1 Å². The summed E-state index contributed by atoms with van der Waals surface area (Å²) in [7, 11) is 0. The highest BCUT2D eigenvalue weighted by Gasteiger charge is 2.34. The molecular formula is C27H17F8N3O3. The second-order valence-corrected chi connectivity index (χ2v) is 8.26. The molecular weight excluding hydrogens is 566 g/mol. The number of nitrogens with one attached hydrogen (secondary N) is 3. The van der Waals surface area contributed by atoms with Crippen LogP contribution in [0.3, 0.4) is 0 Å². The Morgan fingerprint density at radius 3 is 1.59 bits per heavy atom. The van der Waals surface area contributed by atoms with Gasteiger partial charge in [0, 0.05) is 11.6 Å². The Balaban J connectivity index is 1.99. The lowest BCUT2D eigenvalue weighted by Crippen LogP contribution is -2.33. The first-order chi connectivity index (χ1) is 19.3. The third-order valence-corrected chi connectivity index (χ3v) is 5.31. The molecule has 6 nitrogen and oxygen atoms in total. The lowest BCUT2D eigenvalue weighted by atomic mass is 10.00. The zero-order chi connectivity index (χ0) is 30.6. The monoisotopic (exact) mass is 583 g/mol. The molecule has 3 amide bonds. The molecule has 41 heavy (non-hydrogen) atoms. The van der Waals surface area contributed by atoms with Crippen LogP contribution in [0, 0.1) is 46.5 Å². The van der Waals surface area contributed by atoms with E-state index in [0.29, 0.717) is 5.56 Å². The van der Waals surface area contributed by atoms with Crippen LogP contribution < -0.4 is 16.0 Å². The molecule has 3 rings (SSSR count). The van der Waals surface area contributed by atoms with Crippen molar-refractivity contribution in [2.45, 2.75) is 6.92 Å². The largest absolute Gasteiger partial charge is 0.343 e. The summed E-state index contributed by atoms with van der Waals surface area (Å²) in [6.07, 6.45) is 1.95. The van der Waals surface area contributed by atoms with E-state index >= 15 is 0 Å². The van der Waals surface area contributed by atoms with E-state index in [1.54, 1.807) is 35.6 Å². The van der Waals surface area contributed by atoms with E-state index in [9.17, 15) is 49.5 Å². The summed E-state index contributed by atoms with van der Waals surface area (Å²) in [5.41, 5.74) is -7.36. The van der Waals surface area contributed by atoms with E-state index in [0.717, 1.165) is 6.08 Å². The Morgan fingerprint density at radius 1 is 0.707 bits per heavy atom. The third-order valence-electron chi connectivity index (χ3n) is 5.31. The van der Waals surface area contributed by atoms with Crippen molar-refractivity contribution in [1.29, 1.82) is 0 Å². The van der Waals surface area contributed by atoms with Crippen LogP contribution in [0.15, 0.2) is 48.6 Å². The Morgan fingerprint density at radius 2 is 1.15 bits per heavy atom. The molecule has 0 bridgehead atoms. The fourth-order valence-corrected chi connectivity index (χ4v) is 3.32. The van der Waals surface area contributed by atoms with Crippen molar-refractivity contribution in [3.63, 3.8) is 0 Å². The van der Waals surface area contributed by atoms with Gasteiger partial charge in [-0.2, -0.15) is 0 Å². The van der Waals surface area contributed by atoms with E-state index in [4.69, 9.17) is 0 Å². The molecule has 0 saturated heterocycles. The summed E-state index contributed by atoms with van der Waals surface area (Å²) in [6.45, 7) is 3.61. The van der Waals surface area contributed by atoms with Crippen molar-refractivity contribution >= 4 is 35.2 Å². The van der Waals surface area contributed by atoms with Gasteiger partial charge in [-0.1, -0.05) is 36.9 Å². The Labute approximate surface area is 226 Å². The normalized spacial score (nSPS) is 11.0. The zero-order valence-electron chi connectivity index (χ0n) is 20.7. The first-order valence-electron chi connectivity index (χ1n) is 11.3. The van der Waals surface area contributed by atoms with Crippen LogP contribution in [-0.4, -0.2) is 24.3 Å². The van der Waals surface area contributed by atoms with Crippen LogP contribution in [0.5, 0.6) is 0 Å². The Bertz CT molecular complexity index is 1550. The summed E-state index contributed by atoms with van der Waals surface area (Å²) >= 11 is 0. The number of benzene rings is 3. The maximum Gasteiger partial charge on any atom is 0.248 e. The molecule has 0 atom stereocenters. The van der Waals surface area contributed by atoms with Gasteiger partial charge in [0.15, 0.2) is 46.5 Å². The first-order valence-corrected chi connectivity index (χ1v) is 11.3. The molecule has 3 N–H and O–H groups in total. The highest BCUT2D eigenvalue weighted by Crippen LogP contribution is 2.40. The molecule has 0 radical (unpaired) electrons. The van der Waals surface area contributed by atoms with Crippen molar-refractivity contribution in [1.82, 2.24) is 5.32 Å². The molecule has 3 aromatic carbocycles. The van der Waals surface area contributed by atoms with Gasteiger partial charge in [0.1, 0.15) is 11.4 Å². The minimum Gasteiger partial charge on any atom is -0.343 e. The van der Waals surface area contributed by atoms with Crippen LogP contribution in [0.25, 0.3) is 17.2 Å². The SMILES string of the molecule is C=C(C)C(=O)NCC(=O)Nc1c(F)c(F)c(-c2c(F)c(F)c(NC(=O)/C=C/c3ccccc3)c(F)c2F)c(F)c1F. The van der Waals surface area contributed by atoms with Gasteiger partial charge in [-0.3, -0.25) is 14.4 Å². The number of rotatable bonds is 8. The number of amides is 3. The lowest BCUT2D eigenvalue weighted by molar-refractivity contribution is -0.121. The lowest BCUT2D eigenvalue weighted by Gasteiger charge is -2.16. The molecule has 0 aliphatic rings. The smallest absolute Gasteiger partial charge is 0.248 e. The fourth-order valence-electron chi connectivity index (χ4n) is 3.32. The molecule has 0 fully saturated rings. The van der Waals surface area contributed by atoms with E-state index in [2.05, 4.69) is 6.58 Å². The average Bonchev–Trinajstić information content (AvgIpc) is 2.95. The first kappa shape index (κ1) is 30.5. The van der Waals surface area contributed by atoms with Crippen molar-refractivity contribution in [2.24, 2.45) is 0 Å². The fraction of sp³-hybridized carbons (Fsp3) is 0.0741. The summed E-state index contributed by atoms with van der Waals surface area (Å²) < 4.78 is 118. The molecule has 0 aliphatic carbocycles. The van der Waals surface area contributed by atoms with Crippen molar-refractivity contribution < 1.29 is 49.5 Å². The minimum atomic E-state index is -2.52. The summed E-state index contributed by atoms with van der Waals surface area (Å²) in [6, 6.07) is 7.98. The van der Waals surface area contributed by atoms with Gasteiger partial charge < -0.3 is 16.0 Å². The van der Waals surface area contributed by atoms with Crippen LogP contribution in [-0.2, 0) is 14.4 Å². The van der Waals surface area contributed by atoms with Gasteiger partial charge in [-0.05, 0) is 18.6 Å². The second kappa shape index (κ2) is 12.4. The molecule has 14 heteroatoms. The van der Waals surface area contributed by atoms with Crippen molar-refractivity contribution in [3.05, 3.63) is 101 Å². The molecule has 0 aromatic heterocycles. The Kier molecular flexibility index (Phi) is 9.27. The topological polar surface area (TPSA) is 87.3 Å². The molecule has 0 heterocycles. The third kappa shape index (κ3) is 6.42. The van der Waals surface area contributed by atoms with Crippen LogP contribution in [0.2, 0.25) is 0 Å². The zero-order valence-corrected chi connectivity index (χ0v) is 20.7. The maximum atomic E-state index is 14.8. The molecule has 0 aliphatic heterocycles. The minimum absolute atomic E-state index is 0.0469. The quantitative estimate of drug-likeness (QED) is 0.179. The van der Waals surface area contributed by atoms with Gasteiger partial charge in [0.05, 0.1) is 17.7 Å². The number of carbonyl (C=O) groups is 3. The number of hydrogen-bond acceptors (Lipinski definition) is 3. The number of carbonyl (C=O) groups excluding carboxylic acids is 3. The van der Waals surface area contributed by atoms with Crippen molar-refractivity contribution in [2.75, 3.05) is 17.2 Å². The second-order valence-electron chi connectivity index (χ2n) is 8.26. The molecule has 0 saturated carbocycles. The predicted octanol–water partition coefficient (Wildman–Crippen LogP) is 5.75. The highest BCUT2D eigenvalue weighted by atomic mass is 19.2. The number of halogens is 8. The molecule has 214 valence electrons. The van der Waals surface area contributed by atoms with Gasteiger partial charge in [-0.15, -0.1) is 0 Å². The van der Waals surface area contributed by atoms with Gasteiger partial charge in [0.2, 0.25) is 17.7 Å². The standard InChI is InChI=1S/C27H17F8N3O3/c1-11(2)27(41)36-10-14(40)38-26-23(34)19(30)16(20(31)24(26)35)15-17(28)21(32)25(22(33)18(15)29)37-13(39)9-8-12-6-4-3-5-7-12/h3-9H,1,10H2,2H3,(H,36,41)(H,37,39)(H,38,40)/b9-8+. The van der Waals surface area contributed by atoms with E-state index < -0.39 is 93.3 Å². The summed E-state index contributed by atoms with van der Waals surface area (Å²) in [5, 5.41) is 4.95. The van der Waals surface area contributed by atoms with E-state index in [1.165, 1.54) is 18.3 Å². The predicted molar refractivity (Wildman–Crippen MR) is 132 cm³/mol. The average molecular weight is 583 g/mol. The highest BCUT2D eigenvalue weighted by molar-refractivity contribution is 6.02. The number of hydrogen-bond donors (Lipinski definition) is 3. The number of anilines is 2. The van der Waals surface area contributed by atoms with Gasteiger partial charge in [-0.25, -0.2) is 35.1 Å². The van der Waals surface area contributed by atoms with Crippen LogP contribution in [0.1, 0.15) is 12.5 Å². The van der Waals surface area contributed by atoms with Gasteiger partial charge >= 0.3 is 0 Å².